The molecule has 2 amide bonds. The topological polar surface area (TPSA) is 49.4 Å². The first kappa shape index (κ1) is 10.9. The summed E-state index contributed by atoms with van der Waals surface area (Å²) in [5.41, 5.74) is -1.39. The highest BCUT2D eigenvalue weighted by Crippen LogP contribution is 2.46. The third kappa shape index (κ3) is 1.69. The molecule has 4 nitrogen and oxygen atoms in total. The highest BCUT2D eigenvalue weighted by molar-refractivity contribution is 5.89. The van der Waals surface area contributed by atoms with Crippen molar-refractivity contribution in [3.8, 4) is 0 Å². The van der Waals surface area contributed by atoms with Gasteiger partial charge in [-0.2, -0.15) is 0 Å². The molecule has 0 heterocycles. The van der Waals surface area contributed by atoms with Crippen molar-refractivity contribution in [1.82, 2.24) is 10.2 Å². The Labute approximate surface area is 80.3 Å². The lowest BCUT2D eigenvalue weighted by atomic mass is 9.72. The summed E-state index contributed by atoms with van der Waals surface area (Å²) in [4.78, 5) is 22.9. The molecule has 1 rings (SSSR count). The summed E-state index contributed by atoms with van der Waals surface area (Å²) < 4.78 is 25.3. The molecule has 1 aliphatic rings. The molecule has 0 spiro atoms. The zero-order valence-corrected chi connectivity index (χ0v) is 8.01. The van der Waals surface area contributed by atoms with Crippen LogP contribution >= 0.6 is 0 Å². The molecule has 0 atom stereocenters. The molecule has 80 valence electrons. The molecule has 1 N–H and O–H groups in total. The molecule has 6 heteroatoms. The highest BCUT2D eigenvalue weighted by atomic mass is 19.3. The second kappa shape index (κ2) is 3.18. The average molecular weight is 206 g/mol. The zero-order valence-electron chi connectivity index (χ0n) is 8.01. The van der Waals surface area contributed by atoms with Crippen LogP contribution in [0.15, 0.2) is 0 Å². The van der Waals surface area contributed by atoms with Crippen molar-refractivity contribution in [3.05, 3.63) is 0 Å². The van der Waals surface area contributed by atoms with E-state index in [0.717, 1.165) is 0 Å². The maximum absolute atomic E-state index is 12.7. The van der Waals surface area contributed by atoms with Crippen LogP contribution in [0.4, 0.5) is 8.78 Å². The molecule has 0 aromatic rings. The summed E-state index contributed by atoms with van der Waals surface area (Å²) in [5.74, 6) is -3.34. The summed E-state index contributed by atoms with van der Waals surface area (Å²) in [7, 11) is 2.93. The van der Waals surface area contributed by atoms with E-state index in [-0.39, 0.29) is 6.41 Å². The van der Waals surface area contributed by atoms with Crippen LogP contribution in [-0.4, -0.2) is 42.8 Å². The highest BCUT2D eigenvalue weighted by Gasteiger charge is 2.61. The predicted octanol–water partition coefficient (Wildman–Crippen LogP) is -0.0115. The van der Waals surface area contributed by atoms with Crippen LogP contribution in [0.25, 0.3) is 0 Å². The first-order chi connectivity index (χ1) is 6.33. The van der Waals surface area contributed by atoms with Gasteiger partial charge in [0.05, 0.1) is 0 Å². The lowest BCUT2D eigenvalue weighted by Crippen LogP contribution is -2.67. The van der Waals surface area contributed by atoms with Crippen molar-refractivity contribution in [1.29, 1.82) is 0 Å². The van der Waals surface area contributed by atoms with E-state index in [1.165, 1.54) is 19.0 Å². The second-order valence-corrected chi connectivity index (χ2v) is 3.75. The lowest BCUT2D eigenvalue weighted by Gasteiger charge is -2.46. The molecule has 1 saturated carbocycles. The summed E-state index contributed by atoms with van der Waals surface area (Å²) in [5, 5.41) is 2.18. The van der Waals surface area contributed by atoms with E-state index < -0.39 is 30.2 Å². The summed E-state index contributed by atoms with van der Waals surface area (Å²) >= 11 is 0. The molecular weight excluding hydrogens is 194 g/mol. The van der Waals surface area contributed by atoms with Crippen LogP contribution in [-0.2, 0) is 9.59 Å². The maximum Gasteiger partial charge on any atom is 0.253 e. The van der Waals surface area contributed by atoms with Crippen molar-refractivity contribution in [2.45, 2.75) is 24.3 Å². The standard InChI is InChI=1S/C8H12F2N2O2/c1-12(2)6(14)7(11-5-13)3-8(9,10)4-7/h5H,3-4H2,1-2H3,(H,11,13). The largest absolute Gasteiger partial charge is 0.347 e. The van der Waals surface area contributed by atoms with Crippen molar-refractivity contribution >= 4 is 12.3 Å². The molecule has 0 aromatic carbocycles. The van der Waals surface area contributed by atoms with E-state index >= 15 is 0 Å². The van der Waals surface area contributed by atoms with Gasteiger partial charge in [0.25, 0.3) is 5.92 Å². The smallest absolute Gasteiger partial charge is 0.253 e. The molecule has 0 bridgehead atoms. The number of amides is 2. The Kier molecular flexibility index (Phi) is 2.47. The van der Waals surface area contributed by atoms with Gasteiger partial charge < -0.3 is 10.2 Å². The number of hydrogen-bond acceptors (Lipinski definition) is 2. The van der Waals surface area contributed by atoms with E-state index in [1.54, 1.807) is 0 Å². The monoisotopic (exact) mass is 206 g/mol. The van der Waals surface area contributed by atoms with E-state index in [4.69, 9.17) is 0 Å². The Hall–Kier alpha value is -1.20. The van der Waals surface area contributed by atoms with Gasteiger partial charge in [0.1, 0.15) is 5.54 Å². The van der Waals surface area contributed by atoms with Gasteiger partial charge in [-0.05, 0) is 0 Å². The Morgan fingerprint density at radius 3 is 2.21 bits per heavy atom. The van der Waals surface area contributed by atoms with Gasteiger partial charge in [-0.3, -0.25) is 9.59 Å². The van der Waals surface area contributed by atoms with Gasteiger partial charge >= 0.3 is 0 Å². The Morgan fingerprint density at radius 2 is 1.93 bits per heavy atom. The molecule has 0 saturated heterocycles. The molecule has 0 radical (unpaired) electrons. The molecule has 0 aromatic heterocycles. The number of rotatable bonds is 3. The number of nitrogens with zero attached hydrogens (tertiary/aromatic N) is 1. The van der Waals surface area contributed by atoms with Crippen LogP contribution < -0.4 is 5.32 Å². The third-order valence-corrected chi connectivity index (χ3v) is 2.27. The summed E-state index contributed by atoms with van der Waals surface area (Å²) in [6.45, 7) is 0. The molecule has 1 fully saturated rings. The normalized spacial score (nSPS) is 22.0. The van der Waals surface area contributed by atoms with Gasteiger partial charge in [0.15, 0.2) is 0 Å². The van der Waals surface area contributed by atoms with Crippen LogP contribution in [0, 0.1) is 0 Å². The number of nitrogens with one attached hydrogen (secondary N) is 1. The van der Waals surface area contributed by atoms with E-state index in [2.05, 4.69) is 5.32 Å². The first-order valence-electron chi connectivity index (χ1n) is 4.14. The maximum atomic E-state index is 12.7. The fourth-order valence-corrected chi connectivity index (χ4v) is 1.69. The van der Waals surface area contributed by atoms with Crippen LogP contribution in [0.2, 0.25) is 0 Å². The minimum atomic E-state index is -2.85. The summed E-state index contributed by atoms with van der Waals surface area (Å²) in [6, 6.07) is 0. The second-order valence-electron chi connectivity index (χ2n) is 3.75. The van der Waals surface area contributed by atoms with Crippen molar-refractivity contribution in [2.24, 2.45) is 0 Å². The fourth-order valence-electron chi connectivity index (χ4n) is 1.69. The van der Waals surface area contributed by atoms with Gasteiger partial charge in [0, 0.05) is 26.9 Å². The third-order valence-electron chi connectivity index (χ3n) is 2.27. The van der Waals surface area contributed by atoms with E-state index in [0.29, 0.717) is 0 Å². The van der Waals surface area contributed by atoms with E-state index in [1.807, 2.05) is 0 Å². The zero-order chi connectivity index (χ0) is 11.0. The van der Waals surface area contributed by atoms with Crippen molar-refractivity contribution < 1.29 is 18.4 Å². The Morgan fingerprint density at radius 1 is 1.43 bits per heavy atom. The first-order valence-corrected chi connectivity index (χ1v) is 4.14. The van der Waals surface area contributed by atoms with Crippen molar-refractivity contribution in [3.63, 3.8) is 0 Å². The van der Waals surface area contributed by atoms with Gasteiger partial charge in [-0.1, -0.05) is 0 Å². The molecule has 1 aliphatic carbocycles. The van der Waals surface area contributed by atoms with Gasteiger partial charge in [-0.15, -0.1) is 0 Å². The Bertz CT molecular complexity index is 258. The quantitative estimate of drug-likeness (QED) is 0.660. The molecule has 0 unspecified atom stereocenters. The van der Waals surface area contributed by atoms with Gasteiger partial charge in [-0.25, -0.2) is 8.78 Å². The Balaban J connectivity index is 2.77. The number of carbonyl (C=O) groups is 2. The number of hydrogen-bond donors (Lipinski definition) is 1. The van der Waals surface area contributed by atoms with Crippen LogP contribution in [0.3, 0.4) is 0 Å². The van der Waals surface area contributed by atoms with E-state index in [9.17, 15) is 18.4 Å². The number of alkyl halides is 2. The van der Waals surface area contributed by atoms with Crippen LogP contribution in [0.1, 0.15) is 12.8 Å². The molecule has 0 aliphatic heterocycles. The minimum Gasteiger partial charge on any atom is -0.347 e. The molecular formula is C8H12F2N2O2. The predicted molar refractivity (Wildman–Crippen MR) is 44.8 cm³/mol. The number of carbonyl (C=O) groups excluding carboxylic acids is 2. The number of likely N-dealkylation sites (N-methyl/N-ethyl adjacent to an activating group) is 1. The number of halogens is 2. The molecule has 14 heavy (non-hydrogen) atoms. The van der Waals surface area contributed by atoms with Crippen molar-refractivity contribution in [2.75, 3.05) is 14.1 Å². The minimum absolute atomic E-state index is 0.288. The summed E-state index contributed by atoms with van der Waals surface area (Å²) in [6.07, 6.45) is -0.942. The lowest BCUT2D eigenvalue weighted by molar-refractivity contribution is -0.170. The van der Waals surface area contributed by atoms with Crippen LogP contribution in [0.5, 0.6) is 0 Å². The van der Waals surface area contributed by atoms with Gasteiger partial charge in [0.2, 0.25) is 12.3 Å². The average Bonchev–Trinajstić information content (AvgIpc) is 1.99. The fraction of sp³-hybridized carbons (Fsp3) is 0.750. The SMILES string of the molecule is CN(C)C(=O)C1(NC=O)CC(F)(F)C1.